The van der Waals surface area contributed by atoms with Crippen molar-refractivity contribution in [1.29, 1.82) is 0 Å². The standard InChI is InChI=1S/C15H23FN2/c1-10-5-4-6-11(2)18(10)15-8-7-13(12(3)17)9-14(15)16/h7-12H,4-6,17H2,1-3H3. The van der Waals surface area contributed by atoms with E-state index in [0.717, 1.165) is 24.1 Å². The zero-order valence-electron chi connectivity index (χ0n) is 11.5. The summed E-state index contributed by atoms with van der Waals surface area (Å²) < 4.78 is 14.2. The molecule has 3 heteroatoms. The van der Waals surface area contributed by atoms with Crippen LogP contribution in [-0.2, 0) is 0 Å². The smallest absolute Gasteiger partial charge is 0.146 e. The number of halogens is 1. The lowest BCUT2D eigenvalue weighted by molar-refractivity contribution is 0.408. The van der Waals surface area contributed by atoms with Gasteiger partial charge in [0.05, 0.1) is 5.69 Å². The van der Waals surface area contributed by atoms with Crippen LogP contribution in [0.2, 0.25) is 0 Å². The third kappa shape index (κ3) is 2.51. The quantitative estimate of drug-likeness (QED) is 0.868. The highest BCUT2D eigenvalue weighted by Crippen LogP contribution is 2.31. The molecular weight excluding hydrogens is 227 g/mol. The molecule has 0 amide bonds. The summed E-state index contributed by atoms with van der Waals surface area (Å²) in [7, 11) is 0. The lowest BCUT2D eigenvalue weighted by Crippen LogP contribution is -2.44. The maximum atomic E-state index is 14.2. The van der Waals surface area contributed by atoms with Gasteiger partial charge >= 0.3 is 0 Å². The first kappa shape index (κ1) is 13.3. The predicted molar refractivity (Wildman–Crippen MR) is 74.3 cm³/mol. The zero-order valence-corrected chi connectivity index (χ0v) is 11.5. The van der Waals surface area contributed by atoms with E-state index in [2.05, 4.69) is 18.7 Å². The fraction of sp³-hybridized carbons (Fsp3) is 0.600. The van der Waals surface area contributed by atoms with Crippen LogP contribution >= 0.6 is 0 Å². The van der Waals surface area contributed by atoms with Gasteiger partial charge in [-0.3, -0.25) is 0 Å². The molecular formula is C15H23FN2. The van der Waals surface area contributed by atoms with Gasteiger partial charge in [0.2, 0.25) is 0 Å². The highest BCUT2D eigenvalue weighted by molar-refractivity contribution is 5.51. The number of anilines is 1. The van der Waals surface area contributed by atoms with E-state index in [1.165, 1.54) is 6.42 Å². The highest BCUT2D eigenvalue weighted by atomic mass is 19.1. The summed E-state index contributed by atoms with van der Waals surface area (Å²) in [5.74, 6) is -0.148. The highest BCUT2D eigenvalue weighted by Gasteiger charge is 2.26. The Balaban J connectivity index is 2.32. The number of nitrogens with two attached hydrogens (primary N) is 1. The summed E-state index contributed by atoms with van der Waals surface area (Å²) >= 11 is 0. The molecule has 100 valence electrons. The molecule has 0 aliphatic carbocycles. The van der Waals surface area contributed by atoms with Crippen LogP contribution in [0.5, 0.6) is 0 Å². The number of hydrogen-bond acceptors (Lipinski definition) is 2. The molecule has 1 aromatic rings. The third-order valence-corrected chi connectivity index (χ3v) is 3.97. The van der Waals surface area contributed by atoms with Crippen LogP contribution in [0.15, 0.2) is 18.2 Å². The van der Waals surface area contributed by atoms with Gasteiger partial charge in [0.25, 0.3) is 0 Å². The second-order valence-electron chi connectivity index (χ2n) is 5.54. The third-order valence-electron chi connectivity index (χ3n) is 3.97. The van der Waals surface area contributed by atoms with E-state index < -0.39 is 0 Å². The Morgan fingerprint density at radius 3 is 2.39 bits per heavy atom. The molecule has 1 aromatic carbocycles. The fourth-order valence-electron chi connectivity index (χ4n) is 2.91. The molecule has 0 aromatic heterocycles. The van der Waals surface area contributed by atoms with Gasteiger partial charge in [0, 0.05) is 18.1 Å². The van der Waals surface area contributed by atoms with Crippen LogP contribution in [0.25, 0.3) is 0 Å². The van der Waals surface area contributed by atoms with Crippen LogP contribution in [0.3, 0.4) is 0 Å². The Bertz CT molecular complexity index is 407. The van der Waals surface area contributed by atoms with Crippen molar-refractivity contribution in [1.82, 2.24) is 0 Å². The van der Waals surface area contributed by atoms with Crippen molar-refractivity contribution < 1.29 is 4.39 Å². The molecule has 3 unspecified atom stereocenters. The number of piperidine rings is 1. The molecule has 18 heavy (non-hydrogen) atoms. The summed E-state index contributed by atoms with van der Waals surface area (Å²) in [4.78, 5) is 2.21. The Labute approximate surface area is 109 Å². The van der Waals surface area contributed by atoms with Gasteiger partial charge in [-0.1, -0.05) is 6.07 Å². The van der Waals surface area contributed by atoms with E-state index in [1.54, 1.807) is 6.07 Å². The normalized spacial score (nSPS) is 26.2. The maximum Gasteiger partial charge on any atom is 0.146 e. The molecule has 3 atom stereocenters. The van der Waals surface area contributed by atoms with Crippen molar-refractivity contribution in [2.24, 2.45) is 5.73 Å². The van der Waals surface area contributed by atoms with Gasteiger partial charge in [-0.25, -0.2) is 4.39 Å². The van der Waals surface area contributed by atoms with E-state index in [0.29, 0.717) is 12.1 Å². The zero-order chi connectivity index (χ0) is 13.3. The van der Waals surface area contributed by atoms with Gasteiger partial charge in [0.1, 0.15) is 5.82 Å². The topological polar surface area (TPSA) is 29.3 Å². The fourth-order valence-corrected chi connectivity index (χ4v) is 2.91. The molecule has 0 bridgehead atoms. The van der Waals surface area contributed by atoms with E-state index in [9.17, 15) is 4.39 Å². The summed E-state index contributed by atoms with van der Waals surface area (Å²) in [6.45, 7) is 6.23. The summed E-state index contributed by atoms with van der Waals surface area (Å²) in [5, 5.41) is 0. The van der Waals surface area contributed by atoms with Crippen molar-refractivity contribution in [3.8, 4) is 0 Å². The molecule has 1 aliphatic heterocycles. The largest absolute Gasteiger partial charge is 0.364 e. The first-order valence-electron chi connectivity index (χ1n) is 6.84. The number of nitrogens with zero attached hydrogens (tertiary/aromatic N) is 1. The molecule has 1 aliphatic rings. The van der Waals surface area contributed by atoms with Crippen LogP contribution in [0.1, 0.15) is 51.6 Å². The van der Waals surface area contributed by atoms with Gasteiger partial charge in [-0.15, -0.1) is 0 Å². The van der Waals surface area contributed by atoms with Crippen molar-refractivity contribution in [2.45, 2.75) is 58.2 Å². The summed E-state index contributed by atoms with van der Waals surface area (Å²) in [6, 6.07) is 6.09. The van der Waals surface area contributed by atoms with Crippen LogP contribution in [0.4, 0.5) is 10.1 Å². The first-order valence-corrected chi connectivity index (χ1v) is 6.84. The van der Waals surface area contributed by atoms with E-state index in [4.69, 9.17) is 5.73 Å². The average molecular weight is 250 g/mol. The molecule has 0 radical (unpaired) electrons. The molecule has 0 saturated carbocycles. The Morgan fingerprint density at radius 2 is 1.89 bits per heavy atom. The van der Waals surface area contributed by atoms with Crippen molar-refractivity contribution >= 4 is 5.69 Å². The summed E-state index contributed by atoms with van der Waals surface area (Å²) in [6.07, 6.45) is 3.51. The number of rotatable bonds is 2. The molecule has 0 spiro atoms. The van der Waals surface area contributed by atoms with Gasteiger partial charge in [-0.2, -0.15) is 0 Å². The van der Waals surface area contributed by atoms with Crippen LogP contribution in [0, 0.1) is 5.82 Å². The van der Waals surface area contributed by atoms with Gasteiger partial charge in [-0.05, 0) is 57.7 Å². The molecule has 1 saturated heterocycles. The first-order chi connectivity index (χ1) is 8.50. The van der Waals surface area contributed by atoms with E-state index >= 15 is 0 Å². The lowest BCUT2D eigenvalue weighted by Gasteiger charge is -2.41. The molecule has 1 fully saturated rings. The van der Waals surface area contributed by atoms with Crippen molar-refractivity contribution in [2.75, 3.05) is 4.90 Å². The molecule has 1 heterocycles. The van der Waals surface area contributed by atoms with Crippen LogP contribution < -0.4 is 10.6 Å². The van der Waals surface area contributed by atoms with Gasteiger partial charge in [0.15, 0.2) is 0 Å². The van der Waals surface area contributed by atoms with Gasteiger partial charge < -0.3 is 10.6 Å². The van der Waals surface area contributed by atoms with E-state index in [-0.39, 0.29) is 11.9 Å². The Hall–Kier alpha value is -1.09. The second kappa shape index (κ2) is 5.27. The predicted octanol–water partition coefficient (Wildman–Crippen LogP) is 3.61. The number of hydrogen-bond donors (Lipinski definition) is 1. The monoisotopic (exact) mass is 250 g/mol. The molecule has 2 N–H and O–H groups in total. The minimum atomic E-state index is -0.148. The molecule has 2 nitrogen and oxygen atoms in total. The minimum Gasteiger partial charge on any atom is -0.364 e. The number of benzene rings is 1. The van der Waals surface area contributed by atoms with Crippen molar-refractivity contribution in [3.63, 3.8) is 0 Å². The second-order valence-corrected chi connectivity index (χ2v) is 5.54. The van der Waals surface area contributed by atoms with Crippen LogP contribution in [-0.4, -0.2) is 12.1 Å². The Kier molecular flexibility index (Phi) is 3.91. The lowest BCUT2D eigenvalue weighted by atomic mass is 9.96. The van der Waals surface area contributed by atoms with Crippen molar-refractivity contribution in [3.05, 3.63) is 29.6 Å². The Morgan fingerprint density at radius 1 is 1.28 bits per heavy atom. The average Bonchev–Trinajstić information content (AvgIpc) is 2.30. The minimum absolute atomic E-state index is 0.121. The molecule has 2 rings (SSSR count). The van der Waals surface area contributed by atoms with E-state index in [1.807, 2.05) is 19.1 Å². The SMILES string of the molecule is CC(N)c1ccc(N2C(C)CCCC2C)c(F)c1. The maximum absolute atomic E-state index is 14.2. The summed E-state index contributed by atoms with van der Waals surface area (Å²) in [5.41, 5.74) is 7.36.